The summed E-state index contributed by atoms with van der Waals surface area (Å²) in [6.07, 6.45) is 0. The number of aliphatic hydroxyl groups is 1. The fourth-order valence-electron chi connectivity index (χ4n) is 3.92. The Bertz CT molecular complexity index is 1140. The zero-order valence-corrected chi connectivity index (χ0v) is 18.8. The smallest absolute Gasteiger partial charge is 0.290 e. The van der Waals surface area contributed by atoms with E-state index >= 15 is 0 Å². The molecule has 1 N–H and O–H groups in total. The number of ether oxygens (including phenoxy) is 2. The number of halogens is 1. The minimum Gasteiger partial charge on any atom is -0.503 e. The molecule has 1 aliphatic rings. The molecular formula is C25H22BrNO4. The molecule has 0 saturated heterocycles. The van der Waals surface area contributed by atoms with Gasteiger partial charge in [0.05, 0.1) is 26.8 Å². The lowest BCUT2D eigenvalue weighted by molar-refractivity contribution is -0.130. The molecule has 158 valence electrons. The number of hydrogen-bond acceptors (Lipinski definition) is 4. The van der Waals surface area contributed by atoms with E-state index in [9.17, 15) is 9.90 Å². The first-order chi connectivity index (χ1) is 15.0. The number of nitrogens with zero attached hydrogens (tertiary/aromatic N) is 1. The highest BCUT2D eigenvalue weighted by Gasteiger charge is 2.42. The Morgan fingerprint density at radius 2 is 1.61 bits per heavy atom. The van der Waals surface area contributed by atoms with Crippen LogP contribution < -0.4 is 9.47 Å². The first-order valence-electron chi connectivity index (χ1n) is 9.80. The van der Waals surface area contributed by atoms with E-state index in [0.29, 0.717) is 23.6 Å². The van der Waals surface area contributed by atoms with Crippen molar-refractivity contribution in [1.82, 2.24) is 4.90 Å². The molecule has 1 atom stereocenters. The molecule has 3 aromatic rings. The Balaban J connectivity index is 1.83. The predicted molar refractivity (Wildman–Crippen MR) is 123 cm³/mol. The van der Waals surface area contributed by atoms with Crippen molar-refractivity contribution < 1.29 is 19.4 Å². The molecule has 0 spiro atoms. The van der Waals surface area contributed by atoms with Crippen LogP contribution in [0.4, 0.5) is 0 Å². The van der Waals surface area contributed by atoms with Crippen LogP contribution in [-0.4, -0.2) is 30.1 Å². The quantitative estimate of drug-likeness (QED) is 0.505. The lowest BCUT2D eigenvalue weighted by Gasteiger charge is -2.28. The second kappa shape index (κ2) is 8.86. The van der Waals surface area contributed by atoms with Gasteiger partial charge in [-0.15, -0.1) is 0 Å². The molecule has 0 bridgehead atoms. The molecule has 0 fully saturated rings. The average molecular weight is 480 g/mol. The molecule has 6 heteroatoms. The third-order valence-corrected chi connectivity index (χ3v) is 6.16. The largest absolute Gasteiger partial charge is 0.503 e. The van der Waals surface area contributed by atoms with E-state index in [1.807, 2.05) is 72.8 Å². The molecule has 0 aliphatic carbocycles. The van der Waals surface area contributed by atoms with Gasteiger partial charge in [-0.2, -0.15) is 0 Å². The second-order valence-corrected chi connectivity index (χ2v) is 8.01. The molecule has 3 aromatic carbocycles. The number of methoxy groups -OCH3 is 2. The zero-order valence-electron chi connectivity index (χ0n) is 17.2. The van der Waals surface area contributed by atoms with Gasteiger partial charge in [-0.05, 0) is 35.4 Å². The van der Waals surface area contributed by atoms with E-state index in [-0.39, 0.29) is 5.76 Å². The summed E-state index contributed by atoms with van der Waals surface area (Å²) >= 11 is 3.62. The zero-order chi connectivity index (χ0) is 22.0. The molecule has 1 amide bonds. The molecule has 0 radical (unpaired) electrons. The van der Waals surface area contributed by atoms with Gasteiger partial charge in [-0.1, -0.05) is 64.5 Å². The van der Waals surface area contributed by atoms with Crippen molar-refractivity contribution >= 4 is 27.4 Å². The molecule has 5 nitrogen and oxygen atoms in total. The van der Waals surface area contributed by atoms with E-state index in [2.05, 4.69) is 15.9 Å². The Morgan fingerprint density at radius 1 is 0.935 bits per heavy atom. The molecule has 31 heavy (non-hydrogen) atoms. The lowest BCUT2D eigenvalue weighted by atomic mass is 9.93. The number of carbonyl (C=O) groups is 1. The first kappa shape index (κ1) is 21.0. The van der Waals surface area contributed by atoms with Crippen LogP contribution in [-0.2, 0) is 11.3 Å². The van der Waals surface area contributed by atoms with E-state index < -0.39 is 11.9 Å². The number of para-hydroxylation sites is 1. The topological polar surface area (TPSA) is 59.0 Å². The number of hydrogen-bond donors (Lipinski definition) is 1. The molecule has 0 aromatic heterocycles. The standard InChI is InChI=1S/C25H22BrNO4/c1-30-18-13-11-16(12-14-18)22-23(19-8-4-5-9-20(19)26)27(25(29)24(22)28)15-17-7-3-6-10-21(17)31-2/h3-14,23,28H,15H2,1-2H3/t23-/m1/s1. The van der Waals surface area contributed by atoms with Crippen molar-refractivity contribution in [3.8, 4) is 11.5 Å². The summed E-state index contributed by atoms with van der Waals surface area (Å²) in [5, 5.41) is 10.9. The Morgan fingerprint density at radius 3 is 2.29 bits per heavy atom. The van der Waals surface area contributed by atoms with Gasteiger partial charge in [0, 0.05) is 15.6 Å². The Labute approximate surface area is 189 Å². The summed E-state index contributed by atoms with van der Waals surface area (Å²) < 4.78 is 11.6. The van der Waals surface area contributed by atoms with Crippen molar-refractivity contribution in [1.29, 1.82) is 0 Å². The van der Waals surface area contributed by atoms with E-state index in [0.717, 1.165) is 21.2 Å². The average Bonchev–Trinajstić information content (AvgIpc) is 3.04. The Kier molecular flexibility index (Phi) is 6.00. The van der Waals surface area contributed by atoms with Gasteiger partial charge in [0.25, 0.3) is 5.91 Å². The van der Waals surface area contributed by atoms with Gasteiger partial charge >= 0.3 is 0 Å². The second-order valence-electron chi connectivity index (χ2n) is 7.16. The van der Waals surface area contributed by atoms with Crippen molar-refractivity contribution in [2.45, 2.75) is 12.6 Å². The van der Waals surface area contributed by atoms with Crippen molar-refractivity contribution in [2.24, 2.45) is 0 Å². The van der Waals surface area contributed by atoms with Crippen LogP contribution in [0.2, 0.25) is 0 Å². The SMILES string of the molecule is COc1ccc(C2=C(O)C(=O)N(Cc3ccccc3OC)[C@@H]2c2ccccc2Br)cc1. The molecule has 1 aliphatic heterocycles. The summed E-state index contributed by atoms with van der Waals surface area (Å²) in [5.41, 5.74) is 3.07. The van der Waals surface area contributed by atoms with Crippen LogP contribution in [0, 0.1) is 0 Å². The fourth-order valence-corrected chi connectivity index (χ4v) is 4.42. The highest BCUT2D eigenvalue weighted by atomic mass is 79.9. The Hall–Kier alpha value is -3.25. The summed E-state index contributed by atoms with van der Waals surface area (Å²) in [5.74, 6) is 0.730. The van der Waals surface area contributed by atoms with Crippen LogP contribution in [0.3, 0.4) is 0 Å². The normalized spacial score (nSPS) is 16.0. The van der Waals surface area contributed by atoms with Crippen LogP contribution in [0.25, 0.3) is 5.57 Å². The monoisotopic (exact) mass is 479 g/mol. The highest BCUT2D eigenvalue weighted by Crippen LogP contribution is 2.46. The van der Waals surface area contributed by atoms with Crippen molar-refractivity contribution in [2.75, 3.05) is 14.2 Å². The summed E-state index contributed by atoms with van der Waals surface area (Å²) in [6.45, 7) is 0.290. The van der Waals surface area contributed by atoms with Gasteiger partial charge in [-0.3, -0.25) is 4.79 Å². The predicted octanol–water partition coefficient (Wildman–Crippen LogP) is 5.52. The van der Waals surface area contributed by atoms with E-state index in [1.165, 1.54) is 0 Å². The maximum absolute atomic E-state index is 13.2. The van der Waals surface area contributed by atoms with Gasteiger partial charge < -0.3 is 19.5 Å². The van der Waals surface area contributed by atoms with Gasteiger partial charge in [0.1, 0.15) is 11.5 Å². The molecular weight excluding hydrogens is 458 g/mol. The van der Waals surface area contributed by atoms with Crippen LogP contribution in [0.5, 0.6) is 11.5 Å². The number of rotatable bonds is 6. The number of benzene rings is 3. The summed E-state index contributed by atoms with van der Waals surface area (Å²) in [7, 11) is 3.21. The van der Waals surface area contributed by atoms with Gasteiger partial charge in [0.15, 0.2) is 5.76 Å². The molecule has 0 saturated carbocycles. The number of aliphatic hydroxyl groups excluding tert-OH is 1. The summed E-state index contributed by atoms with van der Waals surface area (Å²) in [6, 6.07) is 22.2. The van der Waals surface area contributed by atoms with Crippen LogP contribution >= 0.6 is 15.9 Å². The number of amides is 1. The maximum Gasteiger partial charge on any atom is 0.290 e. The minimum atomic E-state index is -0.471. The molecule has 1 heterocycles. The third kappa shape index (κ3) is 3.91. The maximum atomic E-state index is 13.2. The third-order valence-electron chi connectivity index (χ3n) is 5.44. The first-order valence-corrected chi connectivity index (χ1v) is 10.6. The number of carbonyl (C=O) groups excluding carboxylic acids is 1. The van der Waals surface area contributed by atoms with Crippen molar-refractivity contribution in [3.05, 3.63) is 99.7 Å². The lowest BCUT2D eigenvalue weighted by Crippen LogP contribution is -2.30. The highest BCUT2D eigenvalue weighted by molar-refractivity contribution is 9.10. The van der Waals surface area contributed by atoms with E-state index in [4.69, 9.17) is 9.47 Å². The van der Waals surface area contributed by atoms with E-state index in [1.54, 1.807) is 19.1 Å². The van der Waals surface area contributed by atoms with Gasteiger partial charge in [0.2, 0.25) is 0 Å². The van der Waals surface area contributed by atoms with Crippen LogP contribution in [0.15, 0.2) is 83.0 Å². The van der Waals surface area contributed by atoms with Gasteiger partial charge in [-0.25, -0.2) is 0 Å². The van der Waals surface area contributed by atoms with Crippen molar-refractivity contribution in [3.63, 3.8) is 0 Å². The van der Waals surface area contributed by atoms with Crippen LogP contribution in [0.1, 0.15) is 22.7 Å². The summed E-state index contributed by atoms with van der Waals surface area (Å²) in [4.78, 5) is 14.9. The molecule has 0 unspecified atom stereocenters. The molecule has 4 rings (SSSR count). The fraction of sp³-hybridized carbons (Fsp3) is 0.160. The minimum absolute atomic E-state index is 0.249.